The first-order valence-electron chi connectivity index (χ1n) is 4.32. The molecular weight excluding hydrogens is 209 g/mol. The number of pyridine rings is 1. The van der Waals surface area contributed by atoms with Crippen LogP contribution in [0.5, 0.6) is 5.88 Å². The summed E-state index contributed by atoms with van der Waals surface area (Å²) in [4.78, 5) is 3.66. The fourth-order valence-electron chi connectivity index (χ4n) is 0.890. The second-order valence-electron chi connectivity index (χ2n) is 3.01. The highest BCUT2D eigenvalue weighted by atomic mass is 19.4. The lowest BCUT2D eigenvalue weighted by Gasteiger charge is -2.16. The van der Waals surface area contributed by atoms with Crippen LogP contribution in [0.4, 0.5) is 13.2 Å². The van der Waals surface area contributed by atoms with Crippen LogP contribution in [-0.4, -0.2) is 17.3 Å². The maximum absolute atomic E-state index is 12.1. The van der Waals surface area contributed by atoms with Gasteiger partial charge in [0, 0.05) is 18.8 Å². The fourth-order valence-corrected chi connectivity index (χ4v) is 0.890. The Balaban J connectivity index is 2.72. The Morgan fingerprint density at radius 2 is 2.20 bits per heavy atom. The summed E-state index contributed by atoms with van der Waals surface area (Å²) in [6.45, 7) is 1.16. The second-order valence-corrected chi connectivity index (χ2v) is 3.01. The van der Waals surface area contributed by atoms with Crippen LogP contribution in [0.3, 0.4) is 0 Å². The summed E-state index contributed by atoms with van der Waals surface area (Å²) < 4.78 is 41.0. The van der Waals surface area contributed by atoms with E-state index in [1.165, 1.54) is 12.3 Å². The third-order valence-corrected chi connectivity index (χ3v) is 1.79. The molecule has 0 aliphatic rings. The van der Waals surface area contributed by atoms with E-state index >= 15 is 0 Å². The molecule has 0 unspecified atom stereocenters. The van der Waals surface area contributed by atoms with Crippen LogP contribution < -0.4 is 10.5 Å². The lowest BCUT2D eigenvalue weighted by atomic mass is 10.3. The molecule has 0 fully saturated rings. The van der Waals surface area contributed by atoms with Gasteiger partial charge in [-0.2, -0.15) is 13.2 Å². The van der Waals surface area contributed by atoms with Gasteiger partial charge in [-0.15, -0.1) is 0 Å². The summed E-state index contributed by atoms with van der Waals surface area (Å²) >= 11 is 0. The van der Waals surface area contributed by atoms with Gasteiger partial charge in [0.25, 0.3) is 0 Å². The maximum atomic E-state index is 12.1. The van der Waals surface area contributed by atoms with Crippen molar-refractivity contribution in [3.63, 3.8) is 0 Å². The monoisotopic (exact) mass is 220 g/mol. The third-order valence-electron chi connectivity index (χ3n) is 1.79. The van der Waals surface area contributed by atoms with E-state index in [0.717, 1.165) is 6.92 Å². The first kappa shape index (κ1) is 11.8. The lowest BCUT2D eigenvalue weighted by molar-refractivity contribution is -0.190. The number of nitrogens with zero attached hydrogens (tertiary/aromatic N) is 1. The molecule has 0 aliphatic carbocycles. The zero-order valence-corrected chi connectivity index (χ0v) is 8.08. The van der Waals surface area contributed by atoms with Crippen LogP contribution in [0.25, 0.3) is 0 Å². The highest BCUT2D eigenvalue weighted by Gasteiger charge is 2.38. The van der Waals surface area contributed by atoms with E-state index in [9.17, 15) is 13.2 Å². The van der Waals surface area contributed by atoms with E-state index in [1.54, 1.807) is 6.07 Å². The SMILES string of the molecule is C[C@@H](Oc1cc(CN)ccn1)C(F)(F)F. The van der Waals surface area contributed by atoms with Gasteiger partial charge >= 0.3 is 6.18 Å². The largest absolute Gasteiger partial charge is 0.465 e. The van der Waals surface area contributed by atoms with Crippen LogP contribution in [0.2, 0.25) is 0 Å². The van der Waals surface area contributed by atoms with E-state index in [2.05, 4.69) is 9.72 Å². The van der Waals surface area contributed by atoms with E-state index in [1.807, 2.05) is 0 Å². The first-order chi connectivity index (χ1) is 6.93. The molecule has 1 heterocycles. The Hall–Kier alpha value is -1.30. The minimum Gasteiger partial charge on any atom is -0.465 e. The number of halogens is 3. The highest BCUT2D eigenvalue weighted by Crippen LogP contribution is 2.23. The number of nitrogens with two attached hydrogens (primary N) is 1. The second kappa shape index (κ2) is 4.48. The predicted octanol–water partition coefficient (Wildman–Crippen LogP) is 1.87. The molecule has 0 amide bonds. The van der Waals surface area contributed by atoms with Crippen LogP contribution >= 0.6 is 0 Å². The molecule has 0 aliphatic heterocycles. The molecule has 1 aromatic heterocycles. The number of aromatic nitrogens is 1. The fraction of sp³-hybridized carbons (Fsp3) is 0.444. The highest BCUT2D eigenvalue weighted by molar-refractivity contribution is 5.20. The van der Waals surface area contributed by atoms with Gasteiger partial charge in [0.05, 0.1) is 0 Å². The van der Waals surface area contributed by atoms with Crippen LogP contribution in [-0.2, 0) is 6.54 Å². The minimum atomic E-state index is -4.39. The average molecular weight is 220 g/mol. The molecule has 2 N–H and O–H groups in total. The number of hydrogen-bond acceptors (Lipinski definition) is 3. The number of hydrogen-bond donors (Lipinski definition) is 1. The molecule has 1 atom stereocenters. The van der Waals surface area contributed by atoms with Gasteiger partial charge in [0.15, 0.2) is 6.10 Å². The van der Waals surface area contributed by atoms with Crippen molar-refractivity contribution in [2.45, 2.75) is 25.7 Å². The Kier molecular flexibility index (Phi) is 3.52. The van der Waals surface area contributed by atoms with E-state index in [-0.39, 0.29) is 12.4 Å². The molecule has 0 bridgehead atoms. The van der Waals surface area contributed by atoms with Crippen molar-refractivity contribution in [1.29, 1.82) is 0 Å². The van der Waals surface area contributed by atoms with Crippen LogP contribution in [0, 0.1) is 0 Å². The molecule has 1 rings (SSSR count). The average Bonchev–Trinajstić information content (AvgIpc) is 2.16. The normalized spacial score (nSPS) is 13.7. The lowest BCUT2D eigenvalue weighted by Crippen LogP contribution is -2.31. The Bertz CT molecular complexity index is 327. The summed E-state index contributed by atoms with van der Waals surface area (Å²) in [6, 6.07) is 3.01. The Labute approximate surface area is 85.1 Å². The third kappa shape index (κ3) is 3.39. The van der Waals surface area contributed by atoms with Crippen molar-refractivity contribution in [1.82, 2.24) is 4.98 Å². The van der Waals surface area contributed by atoms with E-state index in [4.69, 9.17) is 5.73 Å². The first-order valence-corrected chi connectivity index (χ1v) is 4.32. The number of alkyl halides is 3. The summed E-state index contributed by atoms with van der Waals surface area (Å²) in [6.07, 6.45) is -4.90. The molecular formula is C9H11F3N2O. The quantitative estimate of drug-likeness (QED) is 0.845. The standard InChI is InChI=1S/C9H11F3N2O/c1-6(9(10,11)12)15-8-4-7(5-13)2-3-14-8/h2-4,6H,5,13H2,1H3/t6-/m1/s1. The van der Waals surface area contributed by atoms with Gasteiger partial charge < -0.3 is 10.5 Å². The molecule has 0 saturated heterocycles. The van der Waals surface area contributed by atoms with Crippen LogP contribution in [0.15, 0.2) is 18.3 Å². The maximum Gasteiger partial charge on any atom is 0.425 e. The molecule has 3 nitrogen and oxygen atoms in total. The molecule has 0 saturated carbocycles. The Morgan fingerprint density at radius 3 is 2.73 bits per heavy atom. The van der Waals surface area contributed by atoms with Crippen molar-refractivity contribution < 1.29 is 17.9 Å². The van der Waals surface area contributed by atoms with E-state index < -0.39 is 12.3 Å². The molecule has 0 radical (unpaired) electrons. The molecule has 1 aromatic rings. The molecule has 15 heavy (non-hydrogen) atoms. The van der Waals surface area contributed by atoms with Crippen molar-refractivity contribution in [3.8, 4) is 5.88 Å². The smallest absolute Gasteiger partial charge is 0.425 e. The van der Waals surface area contributed by atoms with Gasteiger partial charge in [0.2, 0.25) is 5.88 Å². The van der Waals surface area contributed by atoms with Crippen molar-refractivity contribution in [2.24, 2.45) is 5.73 Å². The van der Waals surface area contributed by atoms with Gasteiger partial charge in [-0.05, 0) is 18.6 Å². The number of rotatable bonds is 3. The van der Waals surface area contributed by atoms with Gasteiger partial charge in [-0.3, -0.25) is 0 Å². The zero-order chi connectivity index (χ0) is 11.5. The summed E-state index contributed by atoms with van der Waals surface area (Å²) in [5.74, 6) is -0.0669. The van der Waals surface area contributed by atoms with Crippen molar-refractivity contribution >= 4 is 0 Å². The minimum absolute atomic E-state index is 0.0669. The van der Waals surface area contributed by atoms with Crippen molar-refractivity contribution in [2.75, 3.05) is 0 Å². The molecule has 0 spiro atoms. The number of ether oxygens (including phenoxy) is 1. The molecule has 84 valence electrons. The van der Waals surface area contributed by atoms with Gasteiger partial charge in [-0.1, -0.05) is 0 Å². The Morgan fingerprint density at radius 1 is 1.53 bits per heavy atom. The zero-order valence-electron chi connectivity index (χ0n) is 8.08. The summed E-state index contributed by atoms with van der Waals surface area (Å²) in [7, 11) is 0. The molecule has 0 aromatic carbocycles. The van der Waals surface area contributed by atoms with Crippen molar-refractivity contribution in [3.05, 3.63) is 23.9 Å². The van der Waals surface area contributed by atoms with Gasteiger partial charge in [0.1, 0.15) is 0 Å². The topological polar surface area (TPSA) is 48.1 Å². The van der Waals surface area contributed by atoms with E-state index in [0.29, 0.717) is 5.56 Å². The molecule has 6 heteroatoms. The summed E-state index contributed by atoms with van der Waals surface area (Å²) in [5, 5.41) is 0. The predicted molar refractivity (Wildman–Crippen MR) is 48.3 cm³/mol. The van der Waals surface area contributed by atoms with Gasteiger partial charge in [-0.25, -0.2) is 4.98 Å². The van der Waals surface area contributed by atoms with Crippen LogP contribution in [0.1, 0.15) is 12.5 Å². The summed E-state index contributed by atoms with van der Waals surface area (Å²) in [5.41, 5.74) is 6.01.